The van der Waals surface area contributed by atoms with Crippen molar-refractivity contribution in [1.82, 2.24) is 0 Å². The number of halogens is 4. The molecular weight excluding hydrogens is 252 g/mol. The van der Waals surface area contributed by atoms with Crippen molar-refractivity contribution in [2.45, 2.75) is 19.5 Å². The van der Waals surface area contributed by atoms with E-state index in [1.807, 2.05) is 0 Å². The smallest absolute Gasteiger partial charge is 0.428 e. The van der Waals surface area contributed by atoms with Crippen LogP contribution in [0.25, 0.3) is 0 Å². The number of carbonyl (C=O) groups excluding carboxylic acids is 1. The average molecular weight is 262 g/mol. The normalized spacial score (nSPS) is 12.1. The molecule has 0 heterocycles. The molecule has 1 aromatic rings. The van der Waals surface area contributed by atoms with Gasteiger partial charge in [-0.15, -0.1) is 0 Å². The van der Waals surface area contributed by atoms with E-state index in [1.54, 1.807) is 6.92 Å². The first kappa shape index (κ1) is 14.2. The van der Waals surface area contributed by atoms with Crippen LogP contribution in [-0.2, 0) is 0 Å². The van der Waals surface area contributed by atoms with Gasteiger partial charge < -0.3 is 4.74 Å². The number of allylic oxidation sites excluding steroid dienone is 2. The standard InChI is InChI=1S/C12H10F4O2/c1-2-3-10(17)8-4-6-9(7-5-8)18-12(15,16)11(13)14/h2-7,11H,1H3. The van der Waals surface area contributed by atoms with Crippen LogP contribution in [0.4, 0.5) is 17.6 Å². The van der Waals surface area contributed by atoms with Crippen molar-refractivity contribution in [3.05, 3.63) is 42.0 Å². The maximum absolute atomic E-state index is 12.6. The number of rotatable bonds is 5. The fraction of sp³-hybridized carbons (Fsp3) is 0.250. The van der Waals surface area contributed by atoms with Gasteiger partial charge >= 0.3 is 12.5 Å². The summed E-state index contributed by atoms with van der Waals surface area (Å²) in [4.78, 5) is 11.4. The van der Waals surface area contributed by atoms with Crippen LogP contribution in [0.5, 0.6) is 5.75 Å². The number of hydrogen-bond acceptors (Lipinski definition) is 2. The van der Waals surface area contributed by atoms with Crippen molar-refractivity contribution < 1.29 is 27.1 Å². The second-order valence-corrected chi connectivity index (χ2v) is 3.35. The zero-order valence-electron chi connectivity index (χ0n) is 9.37. The van der Waals surface area contributed by atoms with Gasteiger partial charge in [-0.05, 0) is 37.3 Å². The lowest BCUT2D eigenvalue weighted by atomic mass is 10.1. The van der Waals surface area contributed by atoms with Gasteiger partial charge in [-0.1, -0.05) is 6.08 Å². The summed E-state index contributed by atoms with van der Waals surface area (Å²) in [5, 5.41) is 0. The van der Waals surface area contributed by atoms with E-state index in [4.69, 9.17) is 0 Å². The molecule has 0 aliphatic heterocycles. The quantitative estimate of drug-likeness (QED) is 0.459. The molecule has 0 N–H and O–H groups in total. The maximum atomic E-state index is 12.6. The average Bonchev–Trinajstić information content (AvgIpc) is 2.29. The van der Waals surface area contributed by atoms with E-state index in [9.17, 15) is 22.4 Å². The van der Waals surface area contributed by atoms with Gasteiger partial charge in [-0.2, -0.15) is 17.6 Å². The highest BCUT2D eigenvalue weighted by atomic mass is 19.3. The lowest BCUT2D eigenvalue weighted by Crippen LogP contribution is -2.33. The summed E-state index contributed by atoms with van der Waals surface area (Å²) in [6, 6.07) is 4.51. The van der Waals surface area contributed by atoms with Crippen molar-refractivity contribution in [2.75, 3.05) is 0 Å². The highest BCUT2D eigenvalue weighted by Gasteiger charge is 2.43. The zero-order chi connectivity index (χ0) is 13.8. The molecular formula is C12H10F4O2. The van der Waals surface area contributed by atoms with E-state index < -0.39 is 18.3 Å². The number of carbonyl (C=O) groups is 1. The molecule has 0 amide bonds. The number of ketones is 1. The van der Waals surface area contributed by atoms with Crippen LogP contribution >= 0.6 is 0 Å². The highest BCUT2D eigenvalue weighted by molar-refractivity contribution is 6.04. The molecule has 0 atom stereocenters. The molecule has 0 bridgehead atoms. The Morgan fingerprint density at radius 2 is 1.83 bits per heavy atom. The lowest BCUT2D eigenvalue weighted by Gasteiger charge is -2.16. The van der Waals surface area contributed by atoms with E-state index >= 15 is 0 Å². The summed E-state index contributed by atoms with van der Waals surface area (Å²) in [5.74, 6) is -0.748. The topological polar surface area (TPSA) is 26.3 Å². The molecule has 0 radical (unpaired) electrons. The van der Waals surface area contributed by atoms with Crippen LogP contribution in [0.1, 0.15) is 17.3 Å². The van der Waals surface area contributed by atoms with E-state index in [0.29, 0.717) is 0 Å². The number of hydrogen-bond donors (Lipinski definition) is 0. The second kappa shape index (κ2) is 5.66. The van der Waals surface area contributed by atoms with Crippen LogP contribution in [0, 0.1) is 0 Å². The summed E-state index contributed by atoms with van der Waals surface area (Å²) in [5.41, 5.74) is 0.251. The van der Waals surface area contributed by atoms with Crippen molar-refractivity contribution in [3.63, 3.8) is 0 Å². The van der Waals surface area contributed by atoms with Crippen molar-refractivity contribution in [3.8, 4) is 5.75 Å². The first-order chi connectivity index (χ1) is 8.36. The highest BCUT2D eigenvalue weighted by Crippen LogP contribution is 2.27. The van der Waals surface area contributed by atoms with Crippen LogP contribution in [0.2, 0.25) is 0 Å². The molecule has 1 aromatic carbocycles. The molecule has 18 heavy (non-hydrogen) atoms. The molecule has 0 saturated carbocycles. The van der Waals surface area contributed by atoms with Gasteiger partial charge in [0.1, 0.15) is 5.75 Å². The van der Waals surface area contributed by atoms with E-state index in [-0.39, 0.29) is 11.3 Å². The predicted octanol–water partition coefficient (Wildman–Crippen LogP) is 3.68. The third-order valence-corrected chi connectivity index (χ3v) is 1.96. The minimum absolute atomic E-state index is 0.251. The van der Waals surface area contributed by atoms with Crippen LogP contribution in [0.3, 0.4) is 0 Å². The summed E-state index contributed by atoms with van der Waals surface area (Å²) in [6.45, 7) is 1.65. The Kier molecular flexibility index (Phi) is 4.47. The van der Waals surface area contributed by atoms with Gasteiger partial charge in [-0.25, -0.2) is 0 Å². The minimum atomic E-state index is -4.55. The summed E-state index contributed by atoms with van der Waals surface area (Å²) in [7, 11) is 0. The van der Waals surface area contributed by atoms with E-state index in [0.717, 1.165) is 12.1 Å². The van der Waals surface area contributed by atoms with Crippen molar-refractivity contribution >= 4 is 5.78 Å². The molecule has 0 unspecified atom stereocenters. The summed E-state index contributed by atoms with van der Waals surface area (Å²) < 4.78 is 52.7. The summed E-state index contributed by atoms with van der Waals surface area (Å²) >= 11 is 0. The van der Waals surface area contributed by atoms with Crippen LogP contribution in [-0.4, -0.2) is 18.3 Å². The molecule has 98 valence electrons. The van der Waals surface area contributed by atoms with Gasteiger partial charge in [0.15, 0.2) is 5.78 Å². The van der Waals surface area contributed by atoms with Gasteiger partial charge in [0.25, 0.3) is 0 Å². The maximum Gasteiger partial charge on any atom is 0.461 e. The van der Waals surface area contributed by atoms with Gasteiger partial charge in [0, 0.05) is 5.56 Å². The first-order valence-electron chi connectivity index (χ1n) is 4.99. The van der Waals surface area contributed by atoms with Crippen LogP contribution < -0.4 is 4.74 Å². The Labute approximate surface area is 101 Å². The van der Waals surface area contributed by atoms with E-state index in [1.165, 1.54) is 24.3 Å². The van der Waals surface area contributed by atoms with Crippen molar-refractivity contribution in [1.29, 1.82) is 0 Å². The molecule has 1 rings (SSSR count). The molecule has 6 heteroatoms. The molecule has 0 saturated heterocycles. The Hall–Kier alpha value is -1.85. The molecule has 2 nitrogen and oxygen atoms in total. The Balaban J connectivity index is 2.81. The molecule has 0 spiro atoms. The number of benzene rings is 1. The molecule has 0 aromatic heterocycles. The van der Waals surface area contributed by atoms with Gasteiger partial charge in [-0.3, -0.25) is 4.79 Å². The third-order valence-electron chi connectivity index (χ3n) is 1.96. The second-order valence-electron chi connectivity index (χ2n) is 3.35. The number of ether oxygens (including phenoxy) is 1. The Morgan fingerprint density at radius 1 is 1.28 bits per heavy atom. The van der Waals surface area contributed by atoms with Gasteiger partial charge in [0.2, 0.25) is 0 Å². The molecule has 0 aliphatic rings. The minimum Gasteiger partial charge on any atom is -0.428 e. The third kappa shape index (κ3) is 3.58. The SMILES string of the molecule is CC=CC(=O)c1ccc(OC(F)(F)C(F)F)cc1. The van der Waals surface area contributed by atoms with Crippen LogP contribution in [0.15, 0.2) is 36.4 Å². The predicted molar refractivity (Wildman–Crippen MR) is 57.2 cm³/mol. The molecule has 0 aliphatic carbocycles. The Morgan fingerprint density at radius 3 is 2.28 bits per heavy atom. The Bertz CT molecular complexity index is 438. The first-order valence-corrected chi connectivity index (χ1v) is 4.99. The van der Waals surface area contributed by atoms with Gasteiger partial charge in [0.05, 0.1) is 0 Å². The zero-order valence-corrected chi connectivity index (χ0v) is 9.37. The lowest BCUT2D eigenvalue weighted by molar-refractivity contribution is -0.253. The van der Waals surface area contributed by atoms with Crippen molar-refractivity contribution in [2.24, 2.45) is 0 Å². The number of alkyl halides is 4. The summed E-state index contributed by atoms with van der Waals surface area (Å²) in [6.07, 6.45) is -5.64. The largest absolute Gasteiger partial charge is 0.461 e. The fourth-order valence-corrected chi connectivity index (χ4v) is 1.14. The monoisotopic (exact) mass is 262 g/mol. The van der Waals surface area contributed by atoms with E-state index in [2.05, 4.69) is 4.74 Å². The molecule has 0 fully saturated rings. The fourth-order valence-electron chi connectivity index (χ4n) is 1.14.